The molecule has 0 spiro atoms. The van der Waals surface area contributed by atoms with Crippen molar-refractivity contribution in [3.63, 3.8) is 0 Å². The number of rotatable bonds is 4. The first-order valence-electron chi connectivity index (χ1n) is 9.08. The van der Waals surface area contributed by atoms with E-state index in [1.54, 1.807) is 34.4 Å². The van der Waals surface area contributed by atoms with Gasteiger partial charge < -0.3 is 14.5 Å². The zero-order valence-electron chi connectivity index (χ0n) is 15.6. The van der Waals surface area contributed by atoms with Crippen LogP contribution < -0.4 is 9.64 Å². The summed E-state index contributed by atoms with van der Waals surface area (Å²) in [6, 6.07) is 8.85. The van der Waals surface area contributed by atoms with Gasteiger partial charge in [0.2, 0.25) is 0 Å². The van der Waals surface area contributed by atoms with Crippen LogP contribution in [-0.2, 0) is 4.79 Å². The smallest absolute Gasteiger partial charge is 0.260 e. The summed E-state index contributed by atoms with van der Waals surface area (Å²) >= 11 is 19.8. The molecule has 0 bridgehead atoms. The van der Waals surface area contributed by atoms with E-state index in [2.05, 4.69) is 4.90 Å². The zero-order valence-corrected chi connectivity index (χ0v) is 18.7. The molecule has 1 amide bonds. The van der Waals surface area contributed by atoms with Crippen LogP contribution in [0.4, 0.5) is 5.13 Å². The average Bonchev–Trinajstić information content (AvgIpc) is 3.15. The van der Waals surface area contributed by atoms with Gasteiger partial charge in [-0.15, -0.1) is 0 Å². The number of anilines is 1. The molecule has 0 unspecified atom stereocenters. The molecule has 0 saturated carbocycles. The summed E-state index contributed by atoms with van der Waals surface area (Å²) < 4.78 is 6.68. The maximum absolute atomic E-state index is 12.5. The highest BCUT2D eigenvalue weighted by Crippen LogP contribution is 2.34. The predicted molar refractivity (Wildman–Crippen MR) is 120 cm³/mol. The summed E-state index contributed by atoms with van der Waals surface area (Å²) in [5.74, 6) is 0.383. The van der Waals surface area contributed by atoms with E-state index in [9.17, 15) is 4.79 Å². The van der Waals surface area contributed by atoms with Crippen molar-refractivity contribution >= 4 is 67.4 Å². The van der Waals surface area contributed by atoms with Gasteiger partial charge in [0, 0.05) is 36.2 Å². The standard InChI is InChI=1S/C20H18Cl3N3O2S/c1-12-14(22)3-5-17-19(12)24-20(29-17)26-8-6-25(7-9-26)18(27)11-28-16-4-2-13(21)10-15(16)23/h2-5,10H,6-9,11H2,1H3. The molecule has 0 atom stereocenters. The Morgan fingerprint density at radius 2 is 1.86 bits per heavy atom. The number of hydrogen-bond donors (Lipinski definition) is 0. The number of carbonyl (C=O) groups is 1. The maximum atomic E-state index is 12.5. The third kappa shape index (κ3) is 4.40. The van der Waals surface area contributed by atoms with E-state index in [0.29, 0.717) is 28.9 Å². The van der Waals surface area contributed by atoms with Crippen molar-refractivity contribution in [1.29, 1.82) is 0 Å². The van der Waals surface area contributed by atoms with Gasteiger partial charge in [-0.3, -0.25) is 4.79 Å². The summed E-state index contributed by atoms with van der Waals surface area (Å²) in [5, 5.41) is 2.60. The average molecular weight is 471 g/mol. The molecule has 5 nitrogen and oxygen atoms in total. The Hall–Kier alpha value is -1.73. The van der Waals surface area contributed by atoms with Crippen LogP contribution in [0.2, 0.25) is 15.1 Å². The van der Waals surface area contributed by atoms with E-state index in [1.165, 1.54) is 0 Å². The first-order chi connectivity index (χ1) is 13.9. The molecule has 0 radical (unpaired) electrons. The van der Waals surface area contributed by atoms with Gasteiger partial charge in [0.15, 0.2) is 11.7 Å². The van der Waals surface area contributed by atoms with Crippen LogP contribution in [-0.4, -0.2) is 48.6 Å². The van der Waals surface area contributed by atoms with Gasteiger partial charge in [0.25, 0.3) is 5.91 Å². The lowest BCUT2D eigenvalue weighted by molar-refractivity contribution is -0.133. The van der Waals surface area contributed by atoms with Crippen LogP contribution in [0.25, 0.3) is 10.2 Å². The first kappa shape index (κ1) is 20.5. The molecule has 1 saturated heterocycles. The second-order valence-corrected chi connectivity index (χ2v) is 9.01. The normalized spacial score (nSPS) is 14.5. The van der Waals surface area contributed by atoms with Crippen LogP contribution >= 0.6 is 46.1 Å². The van der Waals surface area contributed by atoms with Crippen molar-refractivity contribution in [3.8, 4) is 5.75 Å². The number of amides is 1. The SMILES string of the molecule is Cc1c(Cl)ccc2sc(N3CCN(C(=O)COc4ccc(Cl)cc4Cl)CC3)nc12. The number of hydrogen-bond acceptors (Lipinski definition) is 5. The zero-order chi connectivity index (χ0) is 20.5. The number of aryl methyl sites for hydroxylation is 1. The van der Waals surface area contributed by atoms with Crippen molar-refractivity contribution < 1.29 is 9.53 Å². The quantitative estimate of drug-likeness (QED) is 0.519. The Morgan fingerprint density at radius 3 is 2.59 bits per heavy atom. The highest BCUT2D eigenvalue weighted by Gasteiger charge is 2.24. The minimum absolute atomic E-state index is 0.0554. The van der Waals surface area contributed by atoms with Gasteiger partial charge in [-0.05, 0) is 42.8 Å². The van der Waals surface area contributed by atoms with E-state index in [1.807, 2.05) is 19.1 Å². The number of ether oxygens (including phenoxy) is 1. The molecular formula is C20H18Cl3N3O2S. The third-order valence-electron chi connectivity index (χ3n) is 4.88. The van der Waals surface area contributed by atoms with Gasteiger partial charge in [0.05, 0.1) is 15.2 Å². The summed E-state index contributed by atoms with van der Waals surface area (Å²) in [5.41, 5.74) is 1.95. The molecule has 1 aromatic heterocycles. The Morgan fingerprint density at radius 1 is 1.10 bits per heavy atom. The highest BCUT2D eigenvalue weighted by atomic mass is 35.5. The maximum Gasteiger partial charge on any atom is 0.260 e. The topological polar surface area (TPSA) is 45.7 Å². The number of thiazole rings is 1. The molecule has 1 fully saturated rings. The molecular weight excluding hydrogens is 453 g/mol. The van der Waals surface area contributed by atoms with Gasteiger partial charge in [-0.1, -0.05) is 46.1 Å². The lowest BCUT2D eigenvalue weighted by atomic mass is 10.2. The molecule has 2 aromatic carbocycles. The third-order valence-corrected chi connectivity index (χ3v) is 6.91. The number of fused-ring (bicyclic) bond motifs is 1. The molecule has 0 aliphatic carbocycles. The van der Waals surface area contributed by atoms with Crippen LogP contribution in [0, 0.1) is 6.92 Å². The van der Waals surface area contributed by atoms with Crippen molar-refractivity contribution in [2.24, 2.45) is 0 Å². The van der Waals surface area contributed by atoms with Crippen molar-refractivity contribution in [2.45, 2.75) is 6.92 Å². The first-order valence-corrected chi connectivity index (χ1v) is 11.0. The number of nitrogens with zero attached hydrogens (tertiary/aromatic N) is 3. The minimum atomic E-state index is -0.0670. The fourth-order valence-corrected chi connectivity index (χ4v) is 4.89. The summed E-state index contributed by atoms with van der Waals surface area (Å²) in [4.78, 5) is 21.3. The van der Waals surface area contributed by atoms with Crippen LogP contribution in [0.1, 0.15) is 5.56 Å². The molecule has 9 heteroatoms. The van der Waals surface area contributed by atoms with Crippen LogP contribution in [0.3, 0.4) is 0 Å². The van der Waals surface area contributed by atoms with Gasteiger partial charge in [-0.2, -0.15) is 0 Å². The van der Waals surface area contributed by atoms with E-state index in [-0.39, 0.29) is 12.5 Å². The van der Waals surface area contributed by atoms with E-state index in [0.717, 1.165) is 39.0 Å². The van der Waals surface area contributed by atoms with Crippen molar-refractivity contribution in [2.75, 3.05) is 37.7 Å². The van der Waals surface area contributed by atoms with Gasteiger partial charge in [-0.25, -0.2) is 4.98 Å². The number of aromatic nitrogens is 1. The lowest BCUT2D eigenvalue weighted by Crippen LogP contribution is -2.50. The molecule has 1 aliphatic heterocycles. The second-order valence-electron chi connectivity index (χ2n) is 6.75. The van der Waals surface area contributed by atoms with Gasteiger partial charge >= 0.3 is 0 Å². The predicted octanol–water partition coefficient (Wildman–Crippen LogP) is 5.29. The Bertz CT molecular complexity index is 1060. The molecule has 4 rings (SSSR count). The van der Waals surface area contributed by atoms with Gasteiger partial charge in [0.1, 0.15) is 5.75 Å². The Kier molecular flexibility index (Phi) is 6.06. The molecule has 0 N–H and O–H groups in total. The van der Waals surface area contributed by atoms with Crippen molar-refractivity contribution in [1.82, 2.24) is 9.88 Å². The van der Waals surface area contributed by atoms with Crippen molar-refractivity contribution in [3.05, 3.63) is 51.0 Å². The molecule has 2 heterocycles. The molecule has 1 aliphatic rings. The summed E-state index contributed by atoms with van der Waals surface area (Å²) in [7, 11) is 0. The number of carbonyl (C=O) groups excluding carboxylic acids is 1. The fraction of sp³-hybridized carbons (Fsp3) is 0.300. The minimum Gasteiger partial charge on any atom is -0.482 e. The molecule has 3 aromatic rings. The largest absolute Gasteiger partial charge is 0.482 e. The lowest BCUT2D eigenvalue weighted by Gasteiger charge is -2.34. The fourth-order valence-electron chi connectivity index (χ4n) is 3.19. The Labute approximate surface area is 187 Å². The number of benzene rings is 2. The van der Waals surface area contributed by atoms with E-state index < -0.39 is 0 Å². The number of halogens is 3. The molecule has 29 heavy (non-hydrogen) atoms. The summed E-state index contributed by atoms with van der Waals surface area (Å²) in [6.45, 7) is 4.61. The van der Waals surface area contributed by atoms with Crippen LogP contribution in [0.15, 0.2) is 30.3 Å². The summed E-state index contributed by atoms with van der Waals surface area (Å²) in [6.07, 6.45) is 0. The molecule has 152 valence electrons. The van der Waals surface area contributed by atoms with E-state index in [4.69, 9.17) is 44.5 Å². The van der Waals surface area contributed by atoms with Crippen LogP contribution in [0.5, 0.6) is 5.75 Å². The second kappa shape index (κ2) is 8.56. The monoisotopic (exact) mass is 469 g/mol. The number of piperazine rings is 1. The Balaban J connectivity index is 1.35. The van der Waals surface area contributed by atoms with E-state index >= 15 is 0 Å². The highest BCUT2D eigenvalue weighted by molar-refractivity contribution is 7.22.